The first-order valence-corrected chi connectivity index (χ1v) is 13.7. The lowest BCUT2D eigenvalue weighted by molar-refractivity contribution is -0.143. The van der Waals surface area contributed by atoms with E-state index in [-0.39, 0.29) is 29.9 Å². The molecule has 0 bridgehead atoms. The molecular weight excluding hydrogens is 426 g/mol. The Morgan fingerprint density at radius 2 is 1.94 bits per heavy atom. The Morgan fingerprint density at radius 1 is 1.25 bits per heavy atom. The summed E-state index contributed by atoms with van der Waals surface area (Å²) in [6.45, 7) is 5.48. The van der Waals surface area contributed by atoms with Crippen molar-refractivity contribution in [2.45, 2.75) is 43.7 Å². The second-order valence-electron chi connectivity index (χ2n) is 9.16. The molecule has 2 aromatic rings. The third-order valence-corrected chi connectivity index (χ3v) is 9.09. The molecule has 4 rings (SSSR count). The molecular formula is C23H29N3O5Si. The number of hydrogen-bond donors (Lipinski definition) is 5. The van der Waals surface area contributed by atoms with E-state index in [1.165, 1.54) is 0 Å². The fourth-order valence-electron chi connectivity index (χ4n) is 5.21. The third kappa shape index (κ3) is 3.61. The largest absolute Gasteiger partial charge is 0.432 e. The zero-order valence-electron chi connectivity index (χ0n) is 18.4. The van der Waals surface area contributed by atoms with Gasteiger partial charge in [-0.05, 0) is 62.0 Å². The van der Waals surface area contributed by atoms with E-state index in [9.17, 15) is 19.5 Å². The Kier molecular flexibility index (Phi) is 5.62. The molecule has 2 amide bonds. The summed E-state index contributed by atoms with van der Waals surface area (Å²) < 4.78 is 6.37. The molecule has 2 aliphatic rings. The molecule has 6 N–H and O–H groups in total. The summed E-state index contributed by atoms with van der Waals surface area (Å²) in [4.78, 5) is 36.8. The molecule has 4 atom stereocenters. The minimum absolute atomic E-state index is 0.0966. The number of benzene rings is 2. The van der Waals surface area contributed by atoms with Crippen LogP contribution in [0.4, 0.5) is 17.1 Å². The number of amides is 2. The number of anilines is 3. The van der Waals surface area contributed by atoms with Crippen molar-refractivity contribution < 1.29 is 24.2 Å². The molecule has 1 spiro atoms. The first-order valence-electron chi connectivity index (χ1n) is 10.7. The summed E-state index contributed by atoms with van der Waals surface area (Å²) in [5.74, 6) is -0.891. The van der Waals surface area contributed by atoms with Crippen molar-refractivity contribution in [1.82, 2.24) is 0 Å². The van der Waals surface area contributed by atoms with Gasteiger partial charge in [0, 0.05) is 46.3 Å². The molecule has 0 saturated carbocycles. The molecule has 2 heterocycles. The van der Waals surface area contributed by atoms with Crippen LogP contribution >= 0.6 is 0 Å². The molecule has 32 heavy (non-hydrogen) atoms. The van der Waals surface area contributed by atoms with Crippen molar-refractivity contribution in [2.75, 3.05) is 23.0 Å². The number of carbonyl (C=O) groups excluding carboxylic acids is 2. The number of nitrogen functional groups attached to an aromatic ring is 1. The molecule has 2 aromatic carbocycles. The van der Waals surface area contributed by atoms with Crippen molar-refractivity contribution in [3.05, 3.63) is 53.6 Å². The Balaban J connectivity index is 1.70. The van der Waals surface area contributed by atoms with Gasteiger partial charge in [-0.3, -0.25) is 9.59 Å². The SMILES string of the molecule is C[C@H]1[C@H]([Si](C)(C)O)[C@@H](CCO)O[C@]12C(=O)Nc1ccc(NC(=O)c3ccc(N)cc3)cc12. The topological polar surface area (TPSA) is 134 Å². The first-order chi connectivity index (χ1) is 15.1. The highest BCUT2D eigenvalue weighted by molar-refractivity contribution is 6.71. The molecule has 170 valence electrons. The van der Waals surface area contributed by atoms with E-state index in [0.717, 1.165) is 0 Å². The lowest BCUT2D eigenvalue weighted by atomic mass is 9.82. The van der Waals surface area contributed by atoms with Crippen LogP contribution in [0.1, 0.15) is 29.3 Å². The monoisotopic (exact) mass is 455 g/mol. The van der Waals surface area contributed by atoms with Gasteiger partial charge in [-0.15, -0.1) is 0 Å². The normalized spacial score (nSPS) is 26.8. The number of nitrogens with two attached hydrogens (primary N) is 1. The predicted octanol–water partition coefficient (Wildman–Crippen LogP) is 2.65. The number of aliphatic hydroxyl groups is 1. The molecule has 8 nitrogen and oxygen atoms in total. The van der Waals surface area contributed by atoms with E-state index >= 15 is 0 Å². The van der Waals surface area contributed by atoms with Crippen molar-refractivity contribution in [2.24, 2.45) is 5.92 Å². The number of nitrogens with one attached hydrogen (secondary N) is 2. The maximum absolute atomic E-state index is 13.2. The summed E-state index contributed by atoms with van der Waals surface area (Å²) in [5.41, 5.74) is 6.99. The molecule has 0 unspecified atom stereocenters. The number of hydrogen-bond acceptors (Lipinski definition) is 6. The van der Waals surface area contributed by atoms with Crippen LogP contribution in [0, 0.1) is 5.92 Å². The van der Waals surface area contributed by atoms with E-state index in [2.05, 4.69) is 10.6 Å². The summed E-state index contributed by atoms with van der Waals surface area (Å²) in [6.07, 6.45) is -0.101. The predicted molar refractivity (Wildman–Crippen MR) is 125 cm³/mol. The standard InChI is InChI=1S/C23H29N3O5Si/c1-13-20(32(2,3)30)19(10-11-27)31-23(13)17-12-16(8-9-18(17)26-22(23)29)25-21(28)14-4-6-15(24)7-5-14/h4-9,12-13,19-20,27,30H,10-11,24H2,1-3H3,(H,25,28)(H,26,29)/t13-,19+,20-,23+/m0/s1. The highest BCUT2D eigenvalue weighted by Crippen LogP contribution is 2.58. The number of rotatable bonds is 5. The Labute approximate surface area is 187 Å². The smallest absolute Gasteiger partial charge is 0.261 e. The fourth-order valence-corrected chi connectivity index (χ4v) is 7.81. The highest BCUT2D eigenvalue weighted by Gasteiger charge is 2.64. The summed E-state index contributed by atoms with van der Waals surface area (Å²) in [7, 11) is -2.72. The number of fused-ring (bicyclic) bond motifs is 2. The van der Waals surface area contributed by atoms with Crippen LogP contribution in [0.3, 0.4) is 0 Å². The van der Waals surface area contributed by atoms with Crippen LogP contribution in [0.5, 0.6) is 0 Å². The van der Waals surface area contributed by atoms with Crippen LogP contribution in [0.2, 0.25) is 18.6 Å². The van der Waals surface area contributed by atoms with Crippen LogP contribution in [0.25, 0.3) is 0 Å². The molecule has 1 fully saturated rings. The molecule has 1 saturated heterocycles. The van der Waals surface area contributed by atoms with Crippen molar-refractivity contribution >= 4 is 37.2 Å². The third-order valence-electron chi connectivity index (χ3n) is 6.58. The van der Waals surface area contributed by atoms with Gasteiger partial charge in [-0.2, -0.15) is 0 Å². The number of aliphatic hydroxyl groups excluding tert-OH is 1. The van der Waals surface area contributed by atoms with Gasteiger partial charge in [0.25, 0.3) is 11.8 Å². The van der Waals surface area contributed by atoms with Gasteiger partial charge in [0.05, 0.1) is 6.10 Å². The molecule has 0 aliphatic carbocycles. The van der Waals surface area contributed by atoms with Crippen molar-refractivity contribution in [3.63, 3.8) is 0 Å². The van der Waals surface area contributed by atoms with Gasteiger partial charge in [-0.25, -0.2) is 0 Å². The molecule has 2 aliphatic heterocycles. The maximum atomic E-state index is 13.2. The average Bonchev–Trinajstić information content (AvgIpc) is 3.17. The fraction of sp³-hybridized carbons (Fsp3) is 0.391. The zero-order valence-corrected chi connectivity index (χ0v) is 19.4. The van der Waals surface area contributed by atoms with E-state index in [1.54, 1.807) is 42.5 Å². The van der Waals surface area contributed by atoms with Crippen molar-refractivity contribution in [1.29, 1.82) is 0 Å². The number of ether oxygens (including phenoxy) is 1. The first kappa shape index (κ1) is 22.5. The lowest BCUT2D eigenvalue weighted by Gasteiger charge is -2.32. The summed E-state index contributed by atoms with van der Waals surface area (Å²) in [5, 5.41) is 15.3. The van der Waals surface area contributed by atoms with Crippen LogP contribution < -0.4 is 16.4 Å². The highest BCUT2D eigenvalue weighted by atomic mass is 28.4. The van der Waals surface area contributed by atoms with Crippen LogP contribution in [0.15, 0.2) is 42.5 Å². The van der Waals surface area contributed by atoms with E-state index in [4.69, 9.17) is 10.5 Å². The quantitative estimate of drug-likeness (QED) is 0.348. The van der Waals surface area contributed by atoms with Crippen LogP contribution in [-0.2, 0) is 15.1 Å². The van der Waals surface area contributed by atoms with Crippen molar-refractivity contribution in [3.8, 4) is 0 Å². The molecule has 0 radical (unpaired) electrons. The van der Waals surface area contributed by atoms with Crippen LogP contribution in [-0.4, -0.2) is 42.7 Å². The second-order valence-corrected chi connectivity index (χ2v) is 13.1. The Morgan fingerprint density at radius 3 is 2.56 bits per heavy atom. The van der Waals surface area contributed by atoms with Gasteiger partial charge in [-0.1, -0.05) is 6.92 Å². The molecule has 0 aromatic heterocycles. The molecule has 9 heteroatoms. The summed E-state index contributed by atoms with van der Waals surface area (Å²) >= 11 is 0. The van der Waals surface area contributed by atoms with E-state index in [0.29, 0.717) is 34.6 Å². The zero-order chi connectivity index (χ0) is 23.3. The van der Waals surface area contributed by atoms with E-state index < -0.39 is 20.0 Å². The van der Waals surface area contributed by atoms with Gasteiger partial charge in [0.15, 0.2) is 13.9 Å². The Bertz CT molecular complexity index is 1050. The number of carbonyl (C=O) groups is 2. The van der Waals surface area contributed by atoms with Gasteiger partial charge < -0.3 is 31.0 Å². The van der Waals surface area contributed by atoms with Gasteiger partial charge in [0.1, 0.15) is 0 Å². The summed E-state index contributed by atoms with van der Waals surface area (Å²) in [6, 6.07) is 11.8. The minimum atomic E-state index is -2.72. The second kappa shape index (κ2) is 8.00. The lowest BCUT2D eigenvalue weighted by Crippen LogP contribution is -2.43. The van der Waals surface area contributed by atoms with Gasteiger partial charge in [0.2, 0.25) is 0 Å². The minimum Gasteiger partial charge on any atom is -0.432 e. The maximum Gasteiger partial charge on any atom is 0.261 e. The Hall–Kier alpha value is -2.72. The van der Waals surface area contributed by atoms with E-state index in [1.807, 2.05) is 20.0 Å². The average molecular weight is 456 g/mol. The van der Waals surface area contributed by atoms with Gasteiger partial charge >= 0.3 is 0 Å².